The number of carboxylic acid groups (broad SMARTS) is 1. The predicted molar refractivity (Wildman–Crippen MR) is 144 cm³/mol. The molecule has 0 saturated carbocycles. The maximum atomic E-state index is 13.3. The zero-order valence-corrected chi connectivity index (χ0v) is 22.1. The molecule has 0 unspecified atom stereocenters. The number of hydrogen-bond acceptors (Lipinski definition) is 6. The summed E-state index contributed by atoms with van der Waals surface area (Å²) in [6.45, 7) is 4.38. The van der Waals surface area contributed by atoms with Crippen molar-refractivity contribution >= 4 is 33.4 Å². The average Bonchev–Trinajstić information content (AvgIpc) is 2.87. The molecule has 4 rings (SSSR count). The topological polar surface area (TPSA) is 95.9 Å². The van der Waals surface area contributed by atoms with Gasteiger partial charge in [-0.2, -0.15) is 16.1 Å². The molecule has 36 heavy (non-hydrogen) atoms. The van der Waals surface area contributed by atoms with Gasteiger partial charge in [-0.1, -0.05) is 36.4 Å². The standard InChI is InChI=1S/C27H30N2O5S2/c1-27(2)25(26(30)31)29(16-17-35-27)36(32,33)24-14-8-21(9-15-24)20-6-4-19(5-7-20)18-28-22-10-12-23(34-3)13-11-22/h4-15,25,28H,16-18H2,1-3H3,(H,30,31)/t25-/m0/s1. The number of hydrogen-bond donors (Lipinski definition) is 2. The summed E-state index contributed by atoms with van der Waals surface area (Å²) in [5.74, 6) is 0.228. The molecule has 1 fully saturated rings. The molecule has 0 radical (unpaired) electrons. The first kappa shape index (κ1) is 26.1. The fraction of sp³-hybridized carbons (Fsp3) is 0.296. The van der Waals surface area contributed by atoms with Gasteiger partial charge < -0.3 is 15.2 Å². The van der Waals surface area contributed by atoms with Crippen molar-refractivity contribution in [3.05, 3.63) is 78.4 Å². The van der Waals surface area contributed by atoms with E-state index in [2.05, 4.69) is 5.32 Å². The van der Waals surface area contributed by atoms with Crippen LogP contribution in [0.3, 0.4) is 0 Å². The maximum Gasteiger partial charge on any atom is 0.323 e. The number of aliphatic carboxylic acids is 1. The number of carbonyl (C=O) groups is 1. The quantitative estimate of drug-likeness (QED) is 0.429. The summed E-state index contributed by atoms with van der Waals surface area (Å²) in [6, 6.07) is 21.3. The van der Waals surface area contributed by atoms with Crippen LogP contribution >= 0.6 is 11.8 Å². The number of carboxylic acids is 1. The van der Waals surface area contributed by atoms with E-state index in [0.717, 1.165) is 32.4 Å². The molecule has 0 bridgehead atoms. The Morgan fingerprint density at radius 3 is 2.17 bits per heavy atom. The molecule has 9 heteroatoms. The van der Waals surface area contributed by atoms with E-state index in [0.29, 0.717) is 12.3 Å². The van der Waals surface area contributed by atoms with E-state index in [1.165, 1.54) is 11.8 Å². The summed E-state index contributed by atoms with van der Waals surface area (Å²) in [6.07, 6.45) is 0. The third-order valence-corrected chi connectivity index (χ3v) is 9.53. The lowest BCUT2D eigenvalue weighted by atomic mass is 10.0. The van der Waals surface area contributed by atoms with Crippen molar-refractivity contribution in [2.45, 2.75) is 36.1 Å². The van der Waals surface area contributed by atoms with Gasteiger partial charge in [-0.3, -0.25) is 4.79 Å². The zero-order chi connectivity index (χ0) is 25.9. The van der Waals surface area contributed by atoms with Gasteiger partial charge in [-0.25, -0.2) is 8.42 Å². The van der Waals surface area contributed by atoms with Crippen LogP contribution in [0.4, 0.5) is 5.69 Å². The molecule has 1 heterocycles. The first-order valence-corrected chi connectivity index (χ1v) is 14.0. The van der Waals surface area contributed by atoms with Crippen LogP contribution in [0.15, 0.2) is 77.7 Å². The minimum absolute atomic E-state index is 0.0977. The van der Waals surface area contributed by atoms with E-state index in [1.807, 2.05) is 48.5 Å². The number of sulfonamides is 1. The van der Waals surface area contributed by atoms with Crippen molar-refractivity contribution in [2.75, 3.05) is 24.7 Å². The molecule has 0 spiro atoms. The number of nitrogens with zero attached hydrogens (tertiary/aromatic N) is 1. The second kappa shape index (κ2) is 10.5. The molecule has 190 valence electrons. The molecular formula is C27H30N2O5S2. The van der Waals surface area contributed by atoms with Gasteiger partial charge in [0.1, 0.15) is 11.8 Å². The van der Waals surface area contributed by atoms with Crippen LogP contribution in [-0.4, -0.2) is 54.0 Å². The Hall–Kier alpha value is -3.01. The fourth-order valence-corrected chi connectivity index (χ4v) is 7.41. The minimum atomic E-state index is -3.95. The molecule has 2 N–H and O–H groups in total. The lowest BCUT2D eigenvalue weighted by Crippen LogP contribution is -2.58. The van der Waals surface area contributed by atoms with Gasteiger partial charge in [0.15, 0.2) is 0 Å². The largest absolute Gasteiger partial charge is 0.497 e. The van der Waals surface area contributed by atoms with Crippen molar-refractivity contribution < 1.29 is 23.1 Å². The molecule has 7 nitrogen and oxygen atoms in total. The number of rotatable bonds is 8. The molecule has 1 saturated heterocycles. The Bertz CT molecular complexity index is 1310. The highest BCUT2D eigenvalue weighted by atomic mass is 32.2. The number of nitrogens with one attached hydrogen (secondary N) is 1. The summed E-state index contributed by atoms with van der Waals surface area (Å²) in [5.41, 5.74) is 3.95. The number of thioether (sulfide) groups is 1. The van der Waals surface area contributed by atoms with E-state index in [4.69, 9.17) is 4.74 Å². The van der Waals surface area contributed by atoms with Crippen LogP contribution in [0.25, 0.3) is 11.1 Å². The maximum absolute atomic E-state index is 13.3. The summed E-state index contributed by atoms with van der Waals surface area (Å²) in [5, 5.41) is 13.1. The number of benzene rings is 3. The SMILES string of the molecule is COc1ccc(NCc2ccc(-c3ccc(S(=O)(=O)N4CCSC(C)(C)[C@@H]4C(=O)O)cc3)cc2)cc1. The van der Waals surface area contributed by atoms with Gasteiger partial charge in [0, 0.05) is 29.3 Å². The first-order chi connectivity index (χ1) is 17.1. The van der Waals surface area contributed by atoms with Crippen LogP contribution < -0.4 is 10.1 Å². The zero-order valence-electron chi connectivity index (χ0n) is 20.5. The highest BCUT2D eigenvalue weighted by molar-refractivity contribution is 8.00. The predicted octanol–water partition coefficient (Wildman–Crippen LogP) is 4.94. The second-order valence-electron chi connectivity index (χ2n) is 9.11. The molecule has 3 aromatic rings. The average molecular weight is 527 g/mol. The summed E-state index contributed by atoms with van der Waals surface area (Å²) < 4.78 is 32.3. The highest BCUT2D eigenvalue weighted by Crippen LogP contribution is 2.38. The lowest BCUT2D eigenvalue weighted by molar-refractivity contribution is -0.142. The van der Waals surface area contributed by atoms with Crippen molar-refractivity contribution in [1.82, 2.24) is 4.31 Å². The smallest absolute Gasteiger partial charge is 0.323 e. The van der Waals surface area contributed by atoms with Crippen LogP contribution in [0, 0.1) is 0 Å². The van der Waals surface area contributed by atoms with Gasteiger partial charge >= 0.3 is 5.97 Å². The van der Waals surface area contributed by atoms with E-state index in [-0.39, 0.29) is 11.4 Å². The molecule has 0 aliphatic carbocycles. The van der Waals surface area contributed by atoms with E-state index in [1.54, 1.807) is 45.2 Å². The Kier molecular flexibility index (Phi) is 7.63. The lowest BCUT2D eigenvalue weighted by Gasteiger charge is -2.42. The highest BCUT2D eigenvalue weighted by Gasteiger charge is 2.48. The van der Waals surface area contributed by atoms with E-state index < -0.39 is 26.8 Å². The summed E-state index contributed by atoms with van der Waals surface area (Å²) in [7, 11) is -2.31. The second-order valence-corrected chi connectivity index (χ2v) is 12.8. The minimum Gasteiger partial charge on any atom is -0.497 e. The Balaban J connectivity index is 1.46. The van der Waals surface area contributed by atoms with E-state index >= 15 is 0 Å². The van der Waals surface area contributed by atoms with Crippen LogP contribution in [0.1, 0.15) is 19.4 Å². The van der Waals surface area contributed by atoms with Gasteiger partial charge in [-0.15, -0.1) is 0 Å². The normalized spacial score (nSPS) is 17.9. The fourth-order valence-electron chi connectivity index (χ4n) is 4.32. The number of anilines is 1. The van der Waals surface area contributed by atoms with E-state index in [9.17, 15) is 18.3 Å². The van der Waals surface area contributed by atoms with Gasteiger partial charge in [0.2, 0.25) is 10.0 Å². The molecular weight excluding hydrogens is 496 g/mol. The Morgan fingerprint density at radius 1 is 1.03 bits per heavy atom. The summed E-state index contributed by atoms with van der Waals surface area (Å²) >= 11 is 1.48. The summed E-state index contributed by atoms with van der Waals surface area (Å²) in [4.78, 5) is 12.0. The van der Waals surface area contributed by atoms with Gasteiger partial charge in [-0.05, 0) is 66.9 Å². The van der Waals surface area contributed by atoms with Crippen molar-refractivity contribution in [1.29, 1.82) is 0 Å². The van der Waals surface area contributed by atoms with Gasteiger partial charge in [0.05, 0.1) is 12.0 Å². The molecule has 1 atom stereocenters. The van der Waals surface area contributed by atoms with Crippen molar-refractivity contribution in [2.24, 2.45) is 0 Å². The van der Waals surface area contributed by atoms with Crippen molar-refractivity contribution in [3.8, 4) is 16.9 Å². The Morgan fingerprint density at radius 2 is 1.61 bits per heavy atom. The first-order valence-electron chi connectivity index (χ1n) is 11.6. The molecule has 0 aromatic heterocycles. The van der Waals surface area contributed by atoms with Crippen LogP contribution in [0.5, 0.6) is 5.75 Å². The molecule has 1 aliphatic rings. The monoisotopic (exact) mass is 526 g/mol. The van der Waals surface area contributed by atoms with Crippen LogP contribution in [-0.2, 0) is 21.4 Å². The Labute approximate surface area is 216 Å². The number of methoxy groups -OCH3 is 1. The van der Waals surface area contributed by atoms with Gasteiger partial charge in [0.25, 0.3) is 0 Å². The molecule has 1 aliphatic heterocycles. The molecule has 3 aromatic carbocycles. The molecule has 0 amide bonds. The third kappa shape index (κ3) is 5.53. The van der Waals surface area contributed by atoms with Crippen molar-refractivity contribution in [3.63, 3.8) is 0 Å². The number of ether oxygens (including phenoxy) is 1. The van der Waals surface area contributed by atoms with Crippen LogP contribution in [0.2, 0.25) is 0 Å². The third-order valence-electron chi connectivity index (χ3n) is 6.30.